The number of carbonyl (C=O) groups is 4. The SMILES string of the molecule is COC(=O)N[C@H](C(=O)N1CCC[C@H]1c1ncc(C2=CC(C)C3c4c(c5cc(-c6cnc([C@@H]7CCCN7C(=O)[C@@H](NC(=O)OC)C(C)C)[nH]6)ccc5n4C)C(c4ccc(Cl)cc4)OC3(C)C2)[nH]1)C(C)C. The molecule has 1 aliphatic carbocycles. The van der Waals surface area contributed by atoms with Crippen molar-refractivity contribution in [3.8, 4) is 11.3 Å². The number of nitrogens with one attached hydrogen (secondary N) is 4. The number of methoxy groups -OCH3 is 2. The van der Waals surface area contributed by atoms with Gasteiger partial charge >= 0.3 is 12.2 Å². The molecule has 0 spiro atoms. The smallest absolute Gasteiger partial charge is 0.407 e. The summed E-state index contributed by atoms with van der Waals surface area (Å²) in [6.07, 6.45) is 8.13. The highest BCUT2D eigenvalue weighted by atomic mass is 35.5. The van der Waals surface area contributed by atoms with Crippen LogP contribution in [0.3, 0.4) is 0 Å². The summed E-state index contributed by atoms with van der Waals surface area (Å²) in [4.78, 5) is 72.8. The number of ether oxygens (including phenoxy) is 3. The van der Waals surface area contributed by atoms with E-state index in [-0.39, 0.29) is 47.6 Å². The number of alkyl carbamates (subject to hydrolysis) is 2. The van der Waals surface area contributed by atoms with Crippen LogP contribution in [0.15, 0.2) is 60.9 Å². The Labute approximate surface area is 407 Å². The van der Waals surface area contributed by atoms with E-state index in [9.17, 15) is 19.2 Å². The van der Waals surface area contributed by atoms with Crippen LogP contribution >= 0.6 is 11.6 Å². The number of imidazole rings is 2. The molecule has 69 heavy (non-hydrogen) atoms. The number of aromatic amines is 2. The number of likely N-dealkylation sites (tertiary alicyclic amines) is 2. The van der Waals surface area contributed by atoms with Crippen molar-refractivity contribution in [3.05, 3.63) is 100 Å². The van der Waals surface area contributed by atoms with Crippen molar-refractivity contribution in [2.75, 3.05) is 27.3 Å². The lowest BCUT2D eigenvalue weighted by Crippen LogP contribution is -2.51. The fourth-order valence-electron chi connectivity index (χ4n) is 11.6. The van der Waals surface area contributed by atoms with E-state index < -0.39 is 36.0 Å². The molecule has 0 saturated carbocycles. The van der Waals surface area contributed by atoms with Gasteiger partial charge in [0.2, 0.25) is 11.8 Å². The normalized spacial score (nSPS) is 24.2. The highest BCUT2D eigenvalue weighted by Crippen LogP contribution is 2.58. The van der Waals surface area contributed by atoms with Crippen molar-refractivity contribution in [1.82, 2.24) is 44.9 Å². The number of aryl methyl sites for hydroxylation is 1. The van der Waals surface area contributed by atoms with E-state index >= 15 is 0 Å². The molecular formula is C52H64ClN9O7. The molecule has 2 saturated heterocycles. The first kappa shape index (κ1) is 47.9. The molecule has 5 aromatic rings. The first-order chi connectivity index (χ1) is 33.0. The van der Waals surface area contributed by atoms with Gasteiger partial charge in [0.15, 0.2) is 0 Å². The Morgan fingerprint density at radius 2 is 1.38 bits per heavy atom. The number of benzene rings is 2. The largest absolute Gasteiger partial charge is 0.453 e. The van der Waals surface area contributed by atoms with Crippen molar-refractivity contribution in [3.63, 3.8) is 0 Å². The van der Waals surface area contributed by atoms with Gasteiger partial charge in [0.25, 0.3) is 0 Å². The zero-order chi connectivity index (χ0) is 49.1. The van der Waals surface area contributed by atoms with Crippen LogP contribution in [-0.2, 0) is 30.8 Å². The lowest BCUT2D eigenvalue weighted by Gasteiger charge is -2.50. The number of nitrogens with zero attached hydrogens (tertiary/aromatic N) is 5. The Kier molecular flexibility index (Phi) is 13.2. The quantitative estimate of drug-likeness (QED) is 0.100. The third-order valence-electron chi connectivity index (χ3n) is 14.9. The van der Waals surface area contributed by atoms with Crippen LogP contribution in [0.25, 0.3) is 27.7 Å². The number of allylic oxidation sites excluding steroid dienone is 1. The van der Waals surface area contributed by atoms with Gasteiger partial charge in [-0.3, -0.25) is 9.59 Å². The van der Waals surface area contributed by atoms with Gasteiger partial charge in [0.05, 0.1) is 55.7 Å². The van der Waals surface area contributed by atoms with Gasteiger partial charge in [-0.15, -0.1) is 0 Å². The predicted molar refractivity (Wildman–Crippen MR) is 262 cm³/mol. The monoisotopic (exact) mass is 961 g/mol. The fraction of sp³-hybridized carbons (Fsp3) is 0.500. The second kappa shape index (κ2) is 19.0. The molecule has 3 aliphatic heterocycles. The molecule has 6 heterocycles. The third-order valence-corrected chi connectivity index (χ3v) is 15.2. The van der Waals surface area contributed by atoms with E-state index in [1.807, 2.05) is 74.2 Å². The molecule has 366 valence electrons. The van der Waals surface area contributed by atoms with E-state index in [1.54, 1.807) is 0 Å². The predicted octanol–water partition coefficient (Wildman–Crippen LogP) is 9.12. The maximum atomic E-state index is 13.9. The molecule has 0 radical (unpaired) electrons. The van der Waals surface area contributed by atoms with Crippen molar-refractivity contribution < 1.29 is 33.4 Å². The molecule has 4 aliphatic rings. The van der Waals surface area contributed by atoms with Crippen LogP contribution in [0.2, 0.25) is 5.02 Å². The first-order valence-electron chi connectivity index (χ1n) is 24.2. The standard InChI is InChI=1S/C52H64ClN9O7/c1-27(2)42(58-50(65)67-8)48(63)61-20-10-12-38(61)46-54-25-35(56-46)31-16-19-37-34(23-31)40-44(60(37)7)41-29(5)22-32(24-52(41,6)69-45(40)30-14-17-33(53)18-15-30)36-26-55-47(57-36)39-13-11-21-62(39)49(64)43(28(3)4)59-51(66)68-9/h14-19,22-23,25-29,38-39,41-43,45H,10-13,20-21,24H2,1-9H3,(H,54,56)(H,55,57)(H,58,65)(H,59,66)/t29?,38-,39-,41?,42-,43-,45?,52?/m0/s1. The Bertz CT molecular complexity index is 2790. The number of hydrogen-bond donors (Lipinski definition) is 4. The lowest BCUT2D eigenvalue weighted by atomic mass is 9.66. The van der Waals surface area contributed by atoms with Crippen LogP contribution in [0, 0.1) is 17.8 Å². The average Bonchev–Trinajstić information content (AvgIpc) is 4.19. The summed E-state index contributed by atoms with van der Waals surface area (Å²) in [6.45, 7) is 13.3. The van der Waals surface area contributed by atoms with Gasteiger partial charge in [-0.2, -0.15) is 0 Å². The fourth-order valence-corrected chi connectivity index (χ4v) is 11.7. The van der Waals surface area contributed by atoms with Gasteiger partial charge in [0.1, 0.15) is 29.8 Å². The van der Waals surface area contributed by atoms with Crippen molar-refractivity contribution in [2.45, 2.75) is 115 Å². The first-order valence-corrected chi connectivity index (χ1v) is 24.6. The maximum Gasteiger partial charge on any atom is 0.407 e. The summed E-state index contributed by atoms with van der Waals surface area (Å²) in [5.74, 6) is 0.905. The number of carbonyl (C=O) groups excluding carboxylic acids is 4. The Morgan fingerprint density at radius 1 is 0.826 bits per heavy atom. The maximum absolute atomic E-state index is 13.9. The molecule has 17 heteroatoms. The Morgan fingerprint density at radius 3 is 1.93 bits per heavy atom. The number of aromatic nitrogens is 5. The third kappa shape index (κ3) is 8.79. The summed E-state index contributed by atoms with van der Waals surface area (Å²) < 4.78 is 19.5. The highest BCUT2D eigenvalue weighted by Gasteiger charge is 2.52. The van der Waals surface area contributed by atoms with Gasteiger partial charge in [-0.1, -0.05) is 70.5 Å². The molecule has 8 atom stereocenters. The van der Waals surface area contributed by atoms with E-state index in [0.29, 0.717) is 30.4 Å². The molecule has 2 fully saturated rings. The average molecular weight is 963 g/mol. The molecule has 4 N–H and O–H groups in total. The zero-order valence-electron chi connectivity index (χ0n) is 40.9. The van der Waals surface area contributed by atoms with Crippen LogP contribution < -0.4 is 10.6 Å². The van der Waals surface area contributed by atoms with Crippen LogP contribution in [0.4, 0.5) is 9.59 Å². The molecule has 3 aromatic heterocycles. The number of rotatable bonds is 11. The van der Waals surface area contributed by atoms with Gasteiger partial charge in [-0.25, -0.2) is 19.6 Å². The summed E-state index contributed by atoms with van der Waals surface area (Å²) in [5, 5.41) is 7.19. The van der Waals surface area contributed by atoms with Gasteiger partial charge in [-0.05, 0) is 85.8 Å². The number of H-pyrrole nitrogens is 2. The Hall–Kier alpha value is -6.13. The minimum absolute atomic E-state index is 0.00533. The molecule has 0 bridgehead atoms. The van der Waals surface area contributed by atoms with E-state index in [2.05, 4.69) is 70.3 Å². The second-order valence-electron chi connectivity index (χ2n) is 20.1. The number of halogens is 1. The zero-order valence-corrected chi connectivity index (χ0v) is 41.6. The van der Waals surface area contributed by atoms with E-state index in [1.165, 1.54) is 19.9 Å². The number of fused-ring (bicyclic) bond motifs is 5. The van der Waals surface area contributed by atoms with Gasteiger partial charge < -0.3 is 49.2 Å². The molecule has 4 unspecified atom stereocenters. The molecule has 2 aromatic carbocycles. The van der Waals surface area contributed by atoms with Crippen molar-refractivity contribution >= 4 is 52.1 Å². The Balaban J connectivity index is 1.04. The number of amides is 4. The highest BCUT2D eigenvalue weighted by molar-refractivity contribution is 6.30. The van der Waals surface area contributed by atoms with Crippen LogP contribution in [0.5, 0.6) is 0 Å². The van der Waals surface area contributed by atoms with Crippen LogP contribution in [-0.4, -0.2) is 103 Å². The summed E-state index contributed by atoms with van der Waals surface area (Å²) in [6, 6.07) is 12.5. The molecular weight excluding hydrogens is 898 g/mol. The van der Waals surface area contributed by atoms with Crippen molar-refractivity contribution in [2.24, 2.45) is 24.8 Å². The minimum Gasteiger partial charge on any atom is -0.453 e. The lowest BCUT2D eigenvalue weighted by molar-refractivity contribution is -0.136. The van der Waals surface area contributed by atoms with E-state index in [4.69, 9.17) is 35.8 Å². The van der Waals surface area contributed by atoms with Crippen molar-refractivity contribution in [1.29, 1.82) is 0 Å². The molecule has 4 amide bonds. The van der Waals surface area contributed by atoms with Crippen LogP contribution in [0.1, 0.15) is 132 Å². The van der Waals surface area contributed by atoms with Gasteiger partial charge in [0, 0.05) is 65.2 Å². The summed E-state index contributed by atoms with van der Waals surface area (Å²) >= 11 is 6.49. The molecule has 9 rings (SSSR count). The summed E-state index contributed by atoms with van der Waals surface area (Å²) in [5.41, 5.74) is 7.55. The molecule has 16 nitrogen and oxygen atoms in total. The summed E-state index contributed by atoms with van der Waals surface area (Å²) in [7, 11) is 4.74. The second-order valence-corrected chi connectivity index (χ2v) is 20.6. The number of hydrogen-bond acceptors (Lipinski definition) is 9. The van der Waals surface area contributed by atoms with E-state index in [0.717, 1.165) is 76.1 Å². The minimum atomic E-state index is -0.724. The topological polar surface area (TPSA) is 189 Å².